The highest BCUT2D eigenvalue weighted by Gasteiger charge is 2.19. The minimum absolute atomic E-state index is 0.0501. The van der Waals surface area contributed by atoms with E-state index in [1.165, 1.54) is 0 Å². The first-order valence-electron chi connectivity index (χ1n) is 8.54. The third-order valence-electron chi connectivity index (χ3n) is 3.64. The molecule has 2 amide bonds. The number of hydrogen-bond donors (Lipinski definition) is 2. The fourth-order valence-corrected chi connectivity index (χ4v) is 2.49. The van der Waals surface area contributed by atoms with Gasteiger partial charge in [-0.1, -0.05) is 45.9 Å². The molecule has 5 heteroatoms. The summed E-state index contributed by atoms with van der Waals surface area (Å²) in [7, 11) is 0. The van der Waals surface area contributed by atoms with Gasteiger partial charge in [0, 0.05) is 11.7 Å². The molecule has 0 heterocycles. The molecule has 0 saturated carbocycles. The number of para-hydroxylation sites is 1. The van der Waals surface area contributed by atoms with Crippen LogP contribution in [-0.4, -0.2) is 42.4 Å². The average Bonchev–Trinajstić information content (AvgIpc) is 2.44. The number of hydrogen-bond acceptors (Lipinski definition) is 3. The Morgan fingerprint density at radius 1 is 1.08 bits per heavy atom. The molecule has 0 aliphatic heterocycles. The Bertz CT molecular complexity index is 562. The number of likely N-dealkylation sites (N-methyl/N-ethyl adjacent to an activating group) is 1. The smallest absolute Gasteiger partial charge is 0.238 e. The molecule has 0 unspecified atom stereocenters. The summed E-state index contributed by atoms with van der Waals surface area (Å²) in [6.07, 6.45) is 0. The summed E-state index contributed by atoms with van der Waals surface area (Å²) in [6, 6.07) is 7.94. The molecule has 0 fully saturated rings. The van der Waals surface area contributed by atoms with E-state index in [-0.39, 0.29) is 36.4 Å². The number of carbonyl (C=O) groups excluding carboxylic acids is 2. The molecule has 0 aliphatic carbocycles. The van der Waals surface area contributed by atoms with Crippen LogP contribution in [0.25, 0.3) is 0 Å². The number of carbonyl (C=O) groups is 2. The number of benzene rings is 1. The van der Waals surface area contributed by atoms with Crippen LogP contribution in [0, 0.1) is 0 Å². The Morgan fingerprint density at radius 3 is 2.21 bits per heavy atom. The molecule has 0 aliphatic rings. The lowest BCUT2D eigenvalue weighted by Crippen LogP contribution is -2.43. The SMILES string of the molecule is CCN(CC(=O)Nc1ccccc1C(C)(C)C)CC(=O)NC(C)C. The van der Waals surface area contributed by atoms with Gasteiger partial charge in [-0.25, -0.2) is 0 Å². The molecule has 5 nitrogen and oxygen atoms in total. The average molecular weight is 333 g/mol. The van der Waals surface area contributed by atoms with E-state index in [4.69, 9.17) is 0 Å². The topological polar surface area (TPSA) is 61.4 Å². The van der Waals surface area contributed by atoms with Gasteiger partial charge in [-0.15, -0.1) is 0 Å². The molecule has 0 saturated heterocycles. The first kappa shape index (κ1) is 20.2. The Kier molecular flexibility index (Phi) is 7.42. The van der Waals surface area contributed by atoms with Gasteiger partial charge in [0.2, 0.25) is 11.8 Å². The van der Waals surface area contributed by atoms with Crippen LogP contribution in [-0.2, 0) is 15.0 Å². The first-order chi connectivity index (χ1) is 11.1. The normalized spacial score (nSPS) is 11.7. The molecule has 0 atom stereocenters. The Balaban J connectivity index is 2.70. The number of anilines is 1. The van der Waals surface area contributed by atoms with E-state index >= 15 is 0 Å². The van der Waals surface area contributed by atoms with Crippen molar-refractivity contribution in [3.63, 3.8) is 0 Å². The Labute approximate surface area is 145 Å². The fourth-order valence-electron chi connectivity index (χ4n) is 2.49. The first-order valence-corrected chi connectivity index (χ1v) is 8.54. The molecular weight excluding hydrogens is 302 g/mol. The Morgan fingerprint density at radius 2 is 1.67 bits per heavy atom. The maximum Gasteiger partial charge on any atom is 0.238 e. The van der Waals surface area contributed by atoms with Crippen LogP contribution in [0.4, 0.5) is 5.69 Å². The van der Waals surface area contributed by atoms with Gasteiger partial charge in [-0.05, 0) is 37.4 Å². The molecule has 134 valence electrons. The van der Waals surface area contributed by atoms with Crippen molar-refractivity contribution in [3.8, 4) is 0 Å². The highest BCUT2D eigenvalue weighted by atomic mass is 16.2. The standard InChI is InChI=1S/C19H31N3O2/c1-7-22(12-17(23)20-14(2)3)13-18(24)21-16-11-9-8-10-15(16)19(4,5)6/h8-11,14H,7,12-13H2,1-6H3,(H,20,23)(H,21,24). The molecule has 0 spiro atoms. The third-order valence-corrected chi connectivity index (χ3v) is 3.64. The lowest BCUT2D eigenvalue weighted by molar-refractivity contribution is -0.123. The van der Waals surface area contributed by atoms with Gasteiger partial charge in [0.15, 0.2) is 0 Å². The molecule has 0 radical (unpaired) electrons. The van der Waals surface area contributed by atoms with Crippen LogP contribution >= 0.6 is 0 Å². The molecule has 1 aromatic rings. The summed E-state index contributed by atoms with van der Waals surface area (Å²) in [5.74, 6) is -0.166. The third kappa shape index (κ3) is 6.71. The molecule has 0 aromatic heterocycles. The van der Waals surface area contributed by atoms with Crippen molar-refractivity contribution >= 4 is 17.5 Å². The van der Waals surface area contributed by atoms with Crippen molar-refractivity contribution in [2.45, 2.75) is 53.0 Å². The summed E-state index contributed by atoms with van der Waals surface area (Å²) in [4.78, 5) is 26.1. The second-order valence-electron chi connectivity index (χ2n) is 7.37. The monoisotopic (exact) mass is 333 g/mol. The van der Waals surface area contributed by atoms with E-state index in [1.54, 1.807) is 0 Å². The van der Waals surface area contributed by atoms with Crippen molar-refractivity contribution in [2.24, 2.45) is 0 Å². The predicted octanol–water partition coefficient (Wildman–Crippen LogP) is 2.77. The van der Waals surface area contributed by atoms with Crippen molar-refractivity contribution in [3.05, 3.63) is 29.8 Å². The van der Waals surface area contributed by atoms with Crippen LogP contribution in [0.3, 0.4) is 0 Å². The van der Waals surface area contributed by atoms with Crippen LogP contribution < -0.4 is 10.6 Å². The summed E-state index contributed by atoms with van der Waals surface area (Å²) in [5.41, 5.74) is 1.88. The zero-order valence-corrected chi connectivity index (χ0v) is 15.8. The number of nitrogens with one attached hydrogen (secondary N) is 2. The maximum atomic E-state index is 12.4. The van der Waals surface area contributed by atoms with Gasteiger partial charge in [-0.3, -0.25) is 14.5 Å². The van der Waals surface area contributed by atoms with E-state index in [0.717, 1.165) is 11.3 Å². The molecule has 0 bridgehead atoms. The van der Waals surface area contributed by atoms with Gasteiger partial charge in [0.05, 0.1) is 13.1 Å². The largest absolute Gasteiger partial charge is 0.353 e. The minimum atomic E-state index is -0.106. The van der Waals surface area contributed by atoms with Crippen molar-refractivity contribution in [2.75, 3.05) is 25.0 Å². The molecule has 1 rings (SSSR count). The van der Waals surface area contributed by atoms with E-state index in [0.29, 0.717) is 6.54 Å². The van der Waals surface area contributed by atoms with Crippen molar-refractivity contribution in [1.29, 1.82) is 0 Å². The second kappa shape index (κ2) is 8.83. The molecule has 1 aromatic carbocycles. The zero-order chi connectivity index (χ0) is 18.3. The molecule has 2 N–H and O–H groups in total. The quantitative estimate of drug-likeness (QED) is 0.806. The number of amides is 2. The highest BCUT2D eigenvalue weighted by molar-refractivity contribution is 5.93. The van der Waals surface area contributed by atoms with Crippen LogP contribution in [0.1, 0.15) is 47.1 Å². The maximum absolute atomic E-state index is 12.4. The lowest BCUT2D eigenvalue weighted by atomic mass is 9.86. The van der Waals surface area contributed by atoms with E-state index in [9.17, 15) is 9.59 Å². The summed E-state index contributed by atoms with van der Waals surface area (Å²) in [5, 5.41) is 5.83. The highest BCUT2D eigenvalue weighted by Crippen LogP contribution is 2.29. The molecular formula is C19H31N3O2. The number of rotatable bonds is 7. The van der Waals surface area contributed by atoms with Gasteiger partial charge < -0.3 is 10.6 Å². The summed E-state index contributed by atoms with van der Waals surface area (Å²) in [6.45, 7) is 13.2. The van der Waals surface area contributed by atoms with Crippen LogP contribution in [0.5, 0.6) is 0 Å². The number of nitrogens with zero attached hydrogens (tertiary/aromatic N) is 1. The Hall–Kier alpha value is -1.88. The van der Waals surface area contributed by atoms with E-state index in [2.05, 4.69) is 31.4 Å². The minimum Gasteiger partial charge on any atom is -0.353 e. The van der Waals surface area contributed by atoms with Gasteiger partial charge in [0.25, 0.3) is 0 Å². The van der Waals surface area contributed by atoms with Gasteiger partial charge >= 0.3 is 0 Å². The summed E-state index contributed by atoms with van der Waals surface area (Å²) >= 11 is 0. The fraction of sp³-hybridized carbons (Fsp3) is 0.579. The van der Waals surface area contributed by atoms with Crippen molar-refractivity contribution in [1.82, 2.24) is 10.2 Å². The summed E-state index contributed by atoms with van der Waals surface area (Å²) < 4.78 is 0. The van der Waals surface area contributed by atoms with Gasteiger partial charge in [0.1, 0.15) is 0 Å². The van der Waals surface area contributed by atoms with E-state index < -0.39 is 0 Å². The van der Waals surface area contributed by atoms with Crippen LogP contribution in [0.2, 0.25) is 0 Å². The van der Waals surface area contributed by atoms with E-state index in [1.807, 2.05) is 49.9 Å². The van der Waals surface area contributed by atoms with Gasteiger partial charge in [-0.2, -0.15) is 0 Å². The zero-order valence-electron chi connectivity index (χ0n) is 15.8. The second-order valence-corrected chi connectivity index (χ2v) is 7.37. The lowest BCUT2D eigenvalue weighted by Gasteiger charge is -2.24. The molecule has 24 heavy (non-hydrogen) atoms. The van der Waals surface area contributed by atoms with Crippen LogP contribution in [0.15, 0.2) is 24.3 Å². The predicted molar refractivity (Wildman–Crippen MR) is 99.2 cm³/mol. The van der Waals surface area contributed by atoms with Crippen molar-refractivity contribution < 1.29 is 9.59 Å².